The first-order valence-corrected chi connectivity index (χ1v) is 10.8. The Kier molecular flexibility index (Phi) is 4.77. The molecule has 1 unspecified atom stereocenters. The Labute approximate surface area is 181 Å². The second-order valence-corrected chi connectivity index (χ2v) is 9.03. The smallest absolute Gasteiger partial charge is 0.128 e. The summed E-state index contributed by atoms with van der Waals surface area (Å²) in [6.07, 6.45) is 5.34. The summed E-state index contributed by atoms with van der Waals surface area (Å²) in [5.74, 6) is -0.245. The first-order valence-electron chi connectivity index (χ1n) is 10.8. The van der Waals surface area contributed by atoms with Gasteiger partial charge >= 0.3 is 0 Å². The fourth-order valence-electron chi connectivity index (χ4n) is 4.82. The molecule has 4 aromatic rings. The largest absolute Gasteiger partial charge is 0.385 e. The third kappa shape index (κ3) is 3.21. The van der Waals surface area contributed by atoms with E-state index in [1.165, 1.54) is 6.07 Å². The first-order chi connectivity index (χ1) is 14.8. The van der Waals surface area contributed by atoms with Crippen LogP contribution in [0.5, 0.6) is 0 Å². The number of ether oxygens (including phenoxy) is 1. The maximum absolute atomic E-state index is 14.4. The molecule has 0 spiro atoms. The van der Waals surface area contributed by atoms with E-state index in [1.54, 1.807) is 6.92 Å². The molecule has 0 amide bonds. The third-order valence-corrected chi connectivity index (χ3v) is 6.60. The van der Waals surface area contributed by atoms with E-state index < -0.39 is 5.60 Å². The van der Waals surface area contributed by atoms with Gasteiger partial charge in [-0.15, -0.1) is 0 Å². The van der Waals surface area contributed by atoms with E-state index in [-0.39, 0.29) is 5.82 Å². The molecule has 1 aliphatic heterocycles. The van der Waals surface area contributed by atoms with Gasteiger partial charge in [0, 0.05) is 47.8 Å². The lowest BCUT2D eigenvalue weighted by Gasteiger charge is -2.27. The normalized spacial score (nSPS) is 19.5. The fourth-order valence-corrected chi connectivity index (χ4v) is 4.82. The van der Waals surface area contributed by atoms with Gasteiger partial charge in [-0.3, -0.25) is 0 Å². The standard InChI is InChI=1S/C25H28FN3O2/c1-5-25(30)6-7-31-14-16-11-29-13-19-18(12-28(3)4)17-8-15(2)21(26)10-22(17)27-24(19)23(29)9-20(16)25/h8-11,13,30H,5-7,12,14H2,1-4H3. The van der Waals surface area contributed by atoms with Crippen molar-refractivity contribution in [2.45, 2.75) is 45.4 Å². The number of nitrogens with zero attached hydrogens (tertiary/aromatic N) is 3. The molecule has 1 N–H and O–H groups in total. The minimum Gasteiger partial charge on any atom is -0.385 e. The molecule has 5 rings (SSSR count). The Morgan fingerprint density at radius 2 is 2.03 bits per heavy atom. The highest BCUT2D eigenvalue weighted by Crippen LogP contribution is 2.38. The predicted octanol–water partition coefficient (Wildman–Crippen LogP) is 4.67. The van der Waals surface area contributed by atoms with Crippen LogP contribution in [-0.2, 0) is 23.5 Å². The van der Waals surface area contributed by atoms with Gasteiger partial charge in [0.1, 0.15) is 5.82 Å². The Balaban J connectivity index is 1.88. The van der Waals surface area contributed by atoms with Crippen molar-refractivity contribution in [1.82, 2.24) is 14.3 Å². The van der Waals surface area contributed by atoms with E-state index >= 15 is 0 Å². The summed E-state index contributed by atoms with van der Waals surface area (Å²) < 4.78 is 22.2. The molecule has 162 valence electrons. The van der Waals surface area contributed by atoms with Gasteiger partial charge in [-0.1, -0.05) is 6.92 Å². The number of aromatic nitrogens is 2. The van der Waals surface area contributed by atoms with Crippen molar-refractivity contribution >= 4 is 27.3 Å². The maximum Gasteiger partial charge on any atom is 0.128 e. The molecule has 1 aromatic carbocycles. The lowest BCUT2D eigenvalue weighted by molar-refractivity contribution is 0.00232. The molecule has 1 atom stereocenters. The minimum atomic E-state index is -0.920. The van der Waals surface area contributed by atoms with Gasteiger partial charge in [0.05, 0.1) is 35.4 Å². The second-order valence-electron chi connectivity index (χ2n) is 9.03. The average Bonchev–Trinajstić information content (AvgIpc) is 2.99. The monoisotopic (exact) mass is 421 g/mol. The average molecular weight is 422 g/mol. The van der Waals surface area contributed by atoms with Crippen LogP contribution in [0.25, 0.3) is 27.3 Å². The quantitative estimate of drug-likeness (QED) is 0.522. The van der Waals surface area contributed by atoms with Gasteiger partial charge in [0.15, 0.2) is 0 Å². The van der Waals surface area contributed by atoms with Crippen LogP contribution >= 0.6 is 0 Å². The SMILES string of the molecule is CCC1(O)CCOCc2cn3cc4c(CN(C)C)c5cc(C)c(F)cc5nc4c3cc21. The number of rotatable bonds is 3. The Bertz CT molecular complexity index is 1330. The van der Waals surface area contributed by atoms with Crippen molar-refractivity contribution in [3.63, 3.8) is 0 Å². The second kappa shape index (κ2) is 7.26. The highest BCUT2D eigenvalue weighted by molar-refractivity contribution is 6.04. The number of benzene rings is 1. The van der Waals surface area contributed by atoms with Gasteiger partial charge in [0.2, 0.25) is 0 Å². The molecule has 0 fully saturated rings. The van der Waals surface area contributed by atoms with E-state index in [0.29, 0.717) is 37.1 Å². The van der Waals surface area contributed by atoms with E-state index in [4.69, 9.17) is 9.72 Å². The third-order valence-electron chi connectivity index (χ3n) is 6.60. The number of aryl methyl sites for hydroxylation is 1. The molecule has 1 aliphatic rings. The molecule has 6 heteroatoms. The van der Waals surface area contributed by atoms with Crippen LogP contribution in [0.4, 0.5) is 4.39 Å². The number of halogens is 1. The summed E-state index contributed by atoms with van der Waals surface area (Å²) in [5.41, 5.74) is 5.15. The van der Waals surface area contributed by atoms with Crippen LogP contribution in [0.3, 0.4) is 0 Å². The summed E-state index contributed by atoms with van der Waals surface area (Å²) in [6.45, 7) is 5.52. The molecule has 0 bridgehead atoms. The van der Waals surface area contributed by atoms with Gasteiger partial charge in [-0.25, -0.2) is 9.37 Å². The zero-order valence-electron chi connectivity index (χ0n) is 18.5. The molecular weight excluding hydrogens is 393 g/mol. The van der Waals surface area contributed by atoms with E-state index in [1.807, 2.05) is 33.3 Å². The summed E-state index contributed by atoms with van der Waals surface area (Å²) in [7, 11) is 4.07. The highest BCUT2D eigenvalue weighted by Gasteiger charge is 2.32. The van der Waals surface area contributed by atoms with Crippen molar-refractivity contribution in [2.24, 2.45) is 0 Å². The lowest BCUT2D eigenvalue weighted by Crippen LogP contribution is -2.26. The molecule has 0 saturated heterocycles. The molecule has 0 saturated carbocycles. The van der Waals surface area contributed by atoms with Gasteiger partial charge in [-0.2, -0.15) is 0 Å². The number of pyridine rings is 2. The zero-order valence-corrected chi connectivity index (χ0v) is 18.5. The van der Waals surface area contributed by atoms with Crippen molar-refractivity contribution in [2.75, 3.05) is 20.7 Å². The highest BCUT2D eigenvalue weighted by atomic mass is 19.1. The fraction of sp³-hybridized carbons (Fsp3) is 0.400. The van der Waals surface area contributed by atoms with Crippen LogP contribution < -0.4 is 0 Å². The molecule has 0 radical (unpaired) electrons. The summed E-state index contributed by atoms with van der Waals surface area (Å²) in [6, 6.07) is 5.49. The molecular formula is C25H28FN3O2. The zero-order chi connectivity index (χ0) is 21.9. The summed E-state index contributed by atoms with van der Waals surface area (Å²) in [5, 5.41) is 13.4. The van der Waals surface area contributed by atoms with Crippen molar-refractivity contribution < 1.29 is 14.2 Å². The van der Waals surface area contributed by atoms with E-state index in [2.05, 4.69) is 21.6 Å². The molecule has 5 nitrogen and oxygen atoms in total. The van der Waals surface area contributed by atoms with Crippen molar-refractivity contribution in [3.05, 3.63) is 58.7 Å². The number of hydrogen-bond donors (Lipinski definition) is 1. The Hall–Kier alpha value is -2.54. The molecule has 4 heterocycles. The number of aliphatic hydroxyl groups is 1. The molecule has 31 heavy (non-hydrogen) atoms. The minimum absolute atomic E-state index is 0.245. The van der Waals surface area contributed by atoms with Crippen LogP contribution in [0.15, 0.2) is 30.6 Å². The maximum atomic E-state index is 14.4. The van der Waals surface area contributed by atoms with Crippen LogP contribution in [0.2, 0.25) is 0 Å². The Morgan fingerprint density at radius 3 is 2.77 bits per heavy atom. The van der Waals surface area contributed by atoms with E-state index in [0.717, 1.165) is 45.0 Å². The van der Waals surface area contributed by atoms with Gasteiger partial charge < -0.3 is 19.1 Å². The topological polar surface area (TPSA) is 50.0 Å². The predicted molar refractivity (Wildman–Crippen MR) is 121 cm³/mol. The van der Waals surface area contributed by atoms with Gasteiger partial charge in [-0.05, 0) is 56.3 Å². The summed E-state index contributed by atoms with van der Waals surface area (Å²) in [4.78, 5) is 7.01. The lowest BCUT2D eigenvalue weighted by atomic mass is 9.86. The molecule has 3 aromatic heterocycles. The molecule has 0 aliphatic carbocycles. The Morgan fingerprint density at radius 1 is 1.23 bits per heavy atom. The van der Waals surface area contributed by atoms with E-state index in [9.17, 15) is 9.50 Å². The number of hydrogen-bond acceptors (Lipinski definition) is 4. The summed E-state index contributed by atoms with van der Waals surface area (Å²) >= 11 is 0. The van der Waals surface area contributed by atoms with Crippen molar-refractivity contribution in [3.8, 4) is 0 Å². The van der Waals surface area contributed by atoms with Crippen molar-refractivity contribution in [1.29, 1.82) is 0 Å². The van der Waals surface area contributed by atoms with Crippen LogP contribution in [0, 0.1) is 12.7 Å². The first kappa shape index (κ1) is 20.4. The van der Waals surface area contributed by atoms with Crippen LogP contribution in [0.1, 0.15) is 42.0 Å². The number of fused-ring (bicyclic) bond motifs is 5. The van der Waals surface area contributed by atoms with Gasteiger partial charge in [0.25, 0.3) is 0 Å². The van der Waals surface area contributed by atoms with Crippen LogP contribution in [-0.4, -0.2) is 40.1 Å².